The van der Waals surface area contributed by atoms with E-state index in [9.17, 15) is 0 Å². The topological polar surface area (TPSA) is 29.9 Å². The smallest absolute Gasteiger partial charge is 0.111 e. The zero-order chi connectivity index (χ0) is 12.1. The number of nitrogens with one attached hydrogen (secondary N) is 1. The summed E-state index contributed by atoms with van der Waals surface area (Å²) < 4.78 is 2.35. The van der Waals surface area contributed by atoms with Crippen LogP contribution < -0.4 is 5.32 Å². The number of hydrogen-bond acceptors (Lipinski definition) is 2. The van der Waals surface area contributed by atoms with E-state index < -0.39 is 0 Å². The lowest BCUT2D eigenvalue weighted by atomic mass is 9.97. The Morgan fingerprint density at radius 3 is 3.00 bits per heavy atom. The molecule has 2 atom stereocenters. The highest BCUT2D eigenvalue weighted by molar-refractivity contribution is 5.02. The zero-order valence-corrected chi connectivity index (χ0v) is 11.2. The van der Waals surface area contributed by atoms with Crippen molar-refractivity contribution in [1.82, 2.24) is 14.9 Å². The molecule has 0 saturated heterocycles. The Hall–Kier alpha value is -0.830. The van der Waals surface area contributed by atoms with Gasteiger partial charge in [0.05, 0.1) is 0 Å². The normalized spacial score (nSPS) is 25.8. The Morgan fingerprint density at radius 2 is 2.24 bits per heavy atom. The molecule has 2 unspecified atom stereocenters. The highest BCUT2D eigenvalue weighted by Crippen LogP contribution is 2.30. The molecular weight excluding hydrogens is 210 g/mol. The summed E-state index contributed by atoms with van der Waals surface area (Å²) in [7, 11) is 2.09. The minimum atomic E-state index is 0.650. The third kappa shape index (κ3) is 3.09. The average molecular weight is 235 g/mol. The molecule has 0 radical (unpaired) electrons. The fourth-order valence-electron chi connectivity index (χ4n) is 2.97. The molecule has 1 aliphatic rings. The predicted molar refractivity (Wildman–Crippen MR) is 71.2 cm³/mol. The van der Waals surface area contributed by atoms with Crippen LogP contribution in [0.15, 0.2) is 12.4 Å². The van der Waals surface area contributed by atoms with Gasteiger partial charge in [-0.3, -0.25) is 0 Å². The molecule has 96 valence electrons. The summed E-state index contributed by atoms with van der Waals surface area (Å²) in [5, 5.41) is 3.45. The summed E-state index contributed by atoms with van der Waals surface area (Å²) in [5.41, 5.74) is 0. The number of aryl methyl sites for hydroxylation is 1. The highest BCUT2D eigenvalue weighted by Gasteiger charge is 2.23. The predicted octanol–water partition coefficient (Wildman–Crippen LogP) is 2.93. The quantitative estimate of drug-likeness (QED) is 0.813. The number of hydrogen-bond donors (Lipinski definition) is 1. The first-order valence-corrected chi connectivity index (χ1v) is 7.03. The third-order valence-corrected chi connectivity index (χ3v) is 3.91. The average Bonchev–Trinajstić information content (AvgIpc) is 2.66. The molecular formula is C14H25N3. The Labute approximate surface area is 105 Å². The van der Waals surface area contributed by atoms with E-state index >= 15 is 0 Å². The van der Waals surface area contributed by atoms with E-state index in [-0.39, 0.29) is 0 Å². The summed E-state index contributed by atoms with van der Waals surface area (Å²) in [6.45, 7) is 3.34. The van der Waals surface area contributed by atoms with Crippen LogP contribution >= 0.6 is 0 Å². The number of imidazole rings is 1. The van der Waals surface area contributed by atoms with E-state index in [1.807, 2.05) is 6.20 Å². The van der Waals surface area contributed by atoms with Gasteiger partial charge in [0, 0.05) is 30.9 Å². The van der Waals surface area contributed by atoms with Crippen LogP contribution in [0.2, 0.25) is 0 Å². The van der Waals surface area contributed by atoms with Crippen molar-refractivity contribution in [2.45, 2.75) is 64.0 Å². The molecule has 17 heavy (non-hydrogen) atoms. The first-order valence-electron chi connectivity index (χ1n) is 7.03. The minimum absolute atomic E-state index is 0.650. The van der Waals surface area contributed by atoms with Crippen LogP contribution in [-0.2, 0) is 6.54 Å². The molecule has 1 fully saturated rings. The van der Waals surface area contributed by atoms with Crippen molar-refractivity contribution >= 4 is 0 Å². The summed E-state index contributed by atoms with van der Waals surface area (Å²) in [5.74, 6) is 1.96. The van der Waals surface area contributed by atoms with Crippen molar-refractivity contribution in [3.63, 3.8) is 0 Å². The van der Waals surface area contributed by atoms with Crippen LogP contribution in [0, 0.1) is 0 Å². The molecule has 2 rings (SSSR count). The van der Waals surface area contributed by atoms with Gasteiger partial charge in [-0.05, 0) is 32.7 Å². The van der Waals surface area contributed by atoms with Crippen LogP contribution in [-0.4, -0.2) is 22.6 Å². The summed E-state index contributed by atoms with van der Waals surface area (Å²) in [6, 6.07) is 0.675. The van der Waals surface area contributed by atoms with Crippen molar-refractivity contribution in [3.05, 3.63) is 18.2 Å². The van der Waals surface area contributed by atoms with E-state index in [2.05, 4.69) is 35.0 Å². The van der Waals surface area contributed by atoms with Crippen molar-refractivity contribution in [1.29, 1.82) is 0 Å². The molecule has 1 aliphatic carbocycles. The Morgan fingerprint density at radius 1 is 1.41 bits per heavy atom. The van der Waals surface area contributed by atoms with Gasteiger partial charge < -0.3 is 9.88 Å². The Bertz CT molecular complexity index is 332. The van der Waals surface area contributed by atoms with Gasteiger partial charge in [-0.1, -0.05) is 19.8 Å². The lowest BCUT2D eigenvalue weighted by molar-refractivity contribution is 0.448. The van der Waals surface area contributed by atoms with E-state index in [4.69, 9.17) is 0 Å². The first-order chi connectivity index (χ1) is 8.35. The summed E-state index contributed by atoms with van der Waals surface area (Å²) in [6.07, 6.45) is 11.9. The van der Waals surface area contributed by atoms with Gasteiger partial charge in [0.25, 0.3) is 0 Å². The minimum Gasteiger partial charge on any atom is -0.335 e. The van der Waals surface area contributed by atoms with Gasteiger partial charge >= 0.3 is 0 Å². The second-order valence-corrected chi connectivity index (χ2v) is 5.18. The molecule has 1 saturated carbocycles. The molecule has 1 N–H and O–H groups in total. The molecule has 0 spiro atoms. The maximum atomic E-state index is 4.60. The first kappa shape index (κ1) is 12.6. The molecule has 1 heterocycles. The number of rotatable bonds is 4. The van der Waals surface area contributed by atoms with Crippen molar-refractivity contribution in [2.75, 3.05) is 7.05 Å². The van der Waals surface area contributed by atoms with Crippen molar-refractivity contribution < 1.29 is 0 Å². The van der Waals surface area contributed by atoms with Gasteiger partial charge in [-0.15, -0.1) is 0 Å². The largest absolute Gasteiger partial charge is 0.335 e. The van der Waals surface area contributed by atoms with Crippen molar-refractivity contribution in [2.24, 2.45) is 0 Å². The van der Waals surface area contributed by atoms with E-state index in [1.54, 1.807) is 0 Å². The molecule has 0 bridgehead atoms. The van der Waals surface area contributed by atoms with Crippen LogP contribution in [0.4, 0.5) is 0 Å². The fourth-order valence-corrected chi connectivity index (χ4v) is 2.97. The molecule has 0 amide bonds. The molecule has 0 aromatic carbocycles. The zero-order valence-electron chi connectivity index (χ0n) is 11.2. The van der Waals surface area contributed by atoms with Crippen LogP contribution in [0.25, 0.3) is 0 Å². The monoisotopic (exact) mass is 235 g/mol. The van der Waals surface area contributed by atoms with E-state index in [0.29, 0.717) is 12.0 Å². The summed E-state index contributed by atoms with van der Waals surface area (Å²) >= 11 is 0. The molecule has 3 nitrogen and oxygen atoms in total. The maximum Gasteiger partial charge on any atom is 0.111 e. The van der Waals surface area contributed by atoms with Crippen molar-refractivity contribution in [3.8, 4) is 0 Å². The van der Waals surface area contributed by atoms with Gasteiger partial charge in [0.1, 0.15) is 5.82 Å². The Balaban J connectivity index is 2.10. The molecule has 3 heteroatoms. The van der Waals surface area contributed by atoms with Gasteiger partial charge in [0.2, 0.25) is 0 Å². The lowest BCUT2D eigenvalue weighted by Gasteiger charge is -2.20. The lowest BCUT2D eigenvalue weighted by Crippen LogP contribution is -2.26. The van der Waals surface area contributed by atoms with Gasteiger partial charge in [-0.25, -0.2) is 4.98 Å². The van der Waals surface area contributed by atoms with E-state index in [0.717, 1.165) is 6.54 Å². The van der Waals surface area contributed by atoms with Gasteiger partial charge in [-0.2, -0.15) is 0 Å². The SMILES string of the molecule is CCCn1ccnc1C1CCCCC(NC)C1. The second-order valence-electron chi connectivity index (χ2n) is 5.18. The molecule has 1 aromatic rings. The highest BCUT2D eigenvalue weighted by atomic mass is 15.1. The summed E-state index contributed by atoms with van der Waals surface area (Å²) in [4.78, 5) is 4.60. The number of nitrogens with zero attached hydrogens (tertiary/aromatic N) is 2. The Kier molecular flexibility index (Phi) is 4.60. The molecule has 1 aromatic heterocycles. The van der Waals surface area contributed by atoms with E-state index in [1.165, 1.54) is 44.3 Å². The second kappa shape index (κ2) is 6.20. The van der Waals surface area contributed by atoms with Crippen LogP contribution in [0.5, 0.6) is 0 Å². The number of aromatic nitrogens is 2. The van der Waals surface area contributed by atoms with Gasteiger partial charge in [0.15, 0.2) is 0 Å². The van der Waals surface area contributed by atoms with Crippen LogP contribution in [0.1, 0.15) is 57.2 Å². The fraction of sp³-hybridized carbons (Fsp3) is 0.786. The molecule has 0 aliphatic heterocycles. The van der Waals surface area contributed by atoms with Crippen LogP contribution in [0.3, 0.4) is 0 Å². The third-order valence-electron chi connectivity index (χ3n) is 3.91. The standard InChI is InChI=1S/C14H25N3/c1-3-9-17-10-8-16-14(17)12-6-4-5-7-13(11-12)15-2/h8,10,12-13,15H,3-7,9,11H2,1-2H3. The maximum absolute atomic E-state index is 4.60.